The third kappa shape index (κ3) is 4.08. The minimum absolute atomic E-state index is 0.121. The summed E-state index contributed by atoms with van der Waals surface area (Å²) in [5.41, 5.74) is -0.562. The Kier molecular flexibility index (Phi) is 4.61. The molecular weight excluding hydrogens is 370 g/mol. The Hall–Kier alpha value is -3.36. The number of hydrogen-bond donors (Lipinski definition) is 2. The van der Waals surface area contributed by atoms with Crippen LogP contribution in [0.1, 0.15) is 21.5 Å². The predicted octanol–water partition coefficient (Wildman–Crippen LogP) is 3.85. The van der Waals surface area contributed by atoms with Gasteiger partial charge in [-0.2, -0.15) is 0 Å². The number of fused-ring (bicyclic) bond motifs is 1. The minimum Gasteiger partial charge on any atom is -0.477 e. The number of aromatic nitrogens is 1. The quantitative estimate of drug-likeness (QED) is 0.673. The molecule has 0 saturated heterocycles. The van der Waals surface area contributed by atoms with E-state index in [-0.39, 0.29) is 17.3 Å². The van der Waals surface area contributed by atoms with Crippen molar-refractivity contribution in [3.8, 4) is 5.75 Å². The number of ether oxygens (including phenoxy) is 1. The van der Waals surface area contributed by atoms with Gasteiger partial charge in [0, 0.05) is 11.6 Å². The third-order valence-corrected chi connectivity index (χ3v) is 3.80. The highest BCUT2D eigenvalue weighted by atomic mass is 19.4. The van der Waals surface area contributed by atoms with Crippen LogP contribution >= 0.6 is 0 Å². The molecule has 9 heteroatoms. The summed E-state index contributed by atoms with van der Waals surface area (Å²) in [6, 6.07) is 7.51. The number of benzene rings is 2. The average Bonchev–Trinajstić information content (AvgIpc) is 2.56. The number of aromatic amines is 1. The fourth-order valence-electron chi connectivity index (χ4n) is 2.65. The standard InChI is InChI=1S/C18H11F4NO4/c19-14-7-10(5-9-1-3-11(4-2-9)27-18(20,21)22)6-12-15(14)23-8-13(16(12)24)17(25)26/h1-4,6-8H,5H2,(H,23,24)(H,25,26). The second-order valence-corrected chi connectivity index (χ2v) is 5.71. The molecule has 140 valence electrons. The molecule has 2 aromatic carbocycles. The highest BCUT2D eigenvalue weighted by Gasteiger charge is 2.30. The Balaban J connectivity index is 1.94. The first-order valence-corrected chi connectivity index (χ1v) is 7.56. The van der Waals surface area contributed by atoms with Crippen molar-refractivity contribution in [2.75, 3.05) is 0 Å². The SMILES string of the molecule is O=C(O)c1c[nH]c2c(F)cc(Cc3ccc(OC(F)(F)F)cc3)cc2c1=O. The summed E-state index contributed by atoms with van der Waals surface area (Å²) < 4.78 is 54.5. The van der Waals surface area contributed by atoms with E-state index in [0.717, 1.165) is 18.3 Å². The second kappa shape index (κ2) is 6.75. The number of aromatic carboxylic acids is 1. The monoisotopic (exact) mass is 381 g/mol. The maximum Gasteiger partial charge on any atom is 0.573 e. The molecule has 5 nitrogen and oxygen atoms in total. The zero-order valence-corrected chi connectivity index (χ0v) is 13.4. The van der Waals surface area contributed by atoms with Gasteiger partial charge in [0.25, 0.3) is 0 Å². The normalized spacial score (nSPS) is 11.6. The number of nitrogens with one attached hydrogen (secondary N) is 1. The molecule has 0 amide bonds. The maximum absolute atomic E-state index is 14.2. The van der Waals surface area contributed by atoms with E-state index >= 15 is 0 Å². The molecule has 0 saturated carbocycles. The number of carboxylic acid groups (broad SMARTS) is 1. The van der Waals surface area contributed by atoms with Crippen LogP contribution in [0.25, 0.3) is 10.9 Å². The van der Waals surface area contributed by atoms with Crippen molar-refractivity contribution in [1.82, 2.24) is 4.98 Å². The molecule has 1 aromatic heterocycles. The van der Waals surface area contributed by atoms with Crippen LogP contribution < -0.4 is 10.2 Å². The van der Waals surface area contributed by atoms with Gasteiger partial charge in [-0.05, 0) is 41.8 Å². The number of alkyl halides is 3. The van der Waals surface area contributed by atoms with Crippen molar-refractivity contribution in [3.63, 3.8) is 0 Å². The summed E-state index contributed by atoms with van der Waals surface area (Å²) in [6.45, 7) is 0. The van der Waals surface area contributed by atoms with Crippen molar-refractivity contribution in [2.24, 2.45) is 0 Å². The Morgan fingerprint density at radius 2 is 1.78 bits per heavy atom. The number of H-pyrrole nitrogens is 1. The van der Waals surface area contributed by atoms with Crippen LogP contribution in [-0.2, 0) is 6.42 Å². The van der Waals surface area contributed by atoms with Gasteiger partial charge in [0.15, 0.2) is 0 Å². The fraction of sp³-hybridized carbons (Fsp3) is 0.111. The summed E-state index contributed by atoms with van der Waals surface area (Å²) in [7, 11) is 0. The largest absolute Gasteiger partial charge is 0.573 e. The number of carbonyl (C=O) groups is 1. The van der Waals surface area contributed by atoms with Crippen LogP contribution in [0.2, 0.25) is 0 Å². The van der Waals surface area contributed by atoms with Gasteiger partial charge in [0.1, 0.15) is 17.1 Å². The van der Waals surface area contributed by atoms with Crippen LogP contribution in [-0.4, -0.2) is 22.4 Å². The molecule has 0 atom stereocenters. The van der Waals surface area contributed by atoms with E-state index in [2.05, 4.69) is 9.72 Å². The van der Waals surface area contributed by atoms with E-state index in [1.54, 1.807) is 0 Å². The third-order valence-electron chi connectivity index (χ3n) is 3.80. The first-order chi connectivity index (χ1) is 12.6. The van der Waals surface area contributed by atoms with E-state index in [1.165, 1.54) is 24.3 Å². The van der Waals surface area contributed by atoms with Crippen LogP contribution in [0.3, 0.4) is 0 Å². The van der Waals surface area contributed by atoms with Crippen molar-refractivity contribution < 1.29 is 32.2 Å². The molecular formula is C18H11F4NO4. The van der Waals surface area contributed by atoms with Crippen LogP contribution in [0.5, 0.6) is 5.75 Å². The zero-order valence-electron chi connectivity index (χ0n) is 13.4. The molecule has 0 unspecified atom stereocenters. The highest BCUT2D eigenvalue weighted by molar-refractivity contribution is 5.92. The molecule has 0 bridgehead atoms. The smallest absolute Gasteiger partial charge is 0.477 e. The van der Waals surface area contributed by atoms with Gasteiger partial charge in [-0.25, -0.2) is 9.18 Å². The van der Waals surface area contributed by atoms with Crippen LogP contribution in [0.4, 0.5) is 17.6 Å². The average molecular weight is 381 g/mol. The highest BCUT2D eigenvalue weighted by Crippen LogP contribution is 2.24. The molecule has 0 spiro atoms. The van der Waals surface area contributed by atoms with Gasteiger partial charge < -0.3 is 14.8 Å². The number of rotatable bonds is 4. The number of carboxylic acids is 1. The van der Waals surface area contributed by atoms with Gasteiger partial charge in [0.05, 0.1) is 5.52 Å². The van der Waals surface area contributed by atoms with Crippen molar-refractivity contribution in [2.45, 2.75) is 12.8 Å². The number of pyridine rings is 1. The lowest BCUT2D eigenvalue weighted by Crippen LogP contribution is -2.17. The van der Waals surface area contributed by atoms with Gasteiger partial charge in [-0.3, -0.25) is 4.79 Å². The molecule has 3 rings (SSSR count). The van der Waals surface area contributed by atoms with Crippen LogP contribution in [0, 0.1) is 5.82 Å². The fourth-order valence-corrected chi connectivity index (χ4v) is 2.65. The molecule has 2 N–H and O–H groups in total. The number of hydrogen-bond acceptors (Lipinski definition) is 3. The van der Waals surface area contributed by atoms with E-state index < -0.39 is 34.9 Å². The first kappa shape index (κ1) is 18.4. The first-order valence-electron chi connectivity index (χ1n) is 7.56. The Bertz CT molecular complexity index is 1070. The Labute approximate surface area is 148 Å². The molecule has 0 aliphatic rings. The summed E-state index contributed by atoms with van der Waals surface area (Å²) in [5, 5.41) is 8.88. The molecule has 0 aliphatic heterocycles. The molecule has 1 heterocycles. The second-order valence-electron chi connectivity index (χ2n) is 5.71. The van der Waals surface area contributed by atoms with Gasteiger partial charge in [-0.1, -0.05) is 12.1 Å². The summed E-state index contributed by atoms with van der Waals surface area (Å²) in [6.07, 6.45) is -3.75. The molecule has 27 heavy (non-hydrogen) atoms. The summed E-state index contributed by atoms with van der Waals surface area (Å²) >= 11 is 0. The van der Waals surface area contributed by atoms with Gasteiger partial charge >= 0.3 is 12.3 Å². The molecule has 0 radical (unpaired) electrons. The van der Waals surface area contributed by atoms with Gasteiger partial charge in [0.2, 0.25) is 5.43 Å². The topological polar surface area (TPSA) is 79.4 Å². The summed E-state index contributed by atoms with van der Waals surface area (Å²) in [5.74, 6) is -2.57. The lowest BCUT2D eigenvalue weighted by molar-refractivity contribution is -0.274. The summed E-state index contributed by atoms with van der Waals surface area (Å²) in [4.78, 5) is 25.7. The zero-order chi connectivity index (χ0) is 19.8. The molecule has 0 aliphatic carbocycles. The van der Waals surface area contributed by atoms with Crippen molar-refractivity contribution in [1.29, 1.82) is 0 Å². The van der Waals surface area contributed by atoms with E-state index in [4.69, 9.17) is 5.11 Å². The lowest BCUT2D eigenvalue weighted by Gasteiger charge is -2.10. The van der Waals surface area contributed by atoms with Crippen LogP contribution in [0.15, 0.2) is 47.4 Å². The van der Waals surface area contributed by atoms with Gasteiger partial charge in [-0.15, -0.1) is 13.2 Å². The van der Waals surface area contributed by atoms with Crippen molar-refractivity contribution >= 4 is 16.9 Å². The molecule has 3 aromatic rings. The number of halogens is 4. The minimum atomic E-state index is -4.80. The maximum atomic E-state index is 14.2. The Morgan fingerprint density at radius 3 is 2.37 bits per heavy atom. The predicted molar refractivity (Wildman–Crippen MR) is 87.4 cm³/mol. The van der Waals surface area contributed by atoms with E-state index in [0.29, 0.717) is 11.1 Å². The van der Waals surface area contributed by atoms with Crippen molar-refractivity contribution in [3.05, 3.63) is 75.3 Å². The van der Waals surface area contributed by atoms with E-state index in [1.807, 2.05) is 0 Å². The van der Waals surface area contributed by atoms with E-state index in [9.17, 15) is 27.2 Å². The molecule has 0 fully saturated rings. The Morgan fingerprint density at radius 1 is 1.11 bits per heavy atom. The lowest BCUT2D eigenvalue weighted by atomic mass is 10.0.